The second-order valence-electron chi connectivity index (χ2n) is 8.25. The van der Waals surface area contributed by atoms with Crippen molar-refractivity contribution in [3.8, 4) is 5.75 Å². The number of hydrogen-bond donors (Lipinski definition) is 0. The second kappa shape index (κ2) is 9.37. The van der Waals surface area contributed by atoms with Gasteiger partial charge in [-0.2, -0.15) is 0 Å². The highest BCUT2D eigenvalue weighted by Crippen LogP contribution is 2.33. The summed E-state index contributed by atoms with van der Waals surface area (Å²) in [5.74, 6) is 0.891. The van der Waals surface area contributed by atoms with Crippen LogP contribution >= 0.6 is 11.3 Å². The number of anilines is 1. The van der Waals surface area contributed by atoms with Crippen LogP contribution < -0.4 is 9.64 Å². The molecule has 0 bridgehead atoms. The molecule has 2 aromatic carbocycles. The second-order valence-corrected chi connectivity index (χ2v) is 9.26. The highest BCUT2D eigenvalue weighted by Gasteiger charge is 2.27. The fourth-order valence-corrected chi connectivity index (χ4v) is 5.30. The maximum atomic E-state index is 13.5. The van der Waals surface area contributed by atoms with E-state index < -0.39 is 0 Å². The number of carbonyl (C=O) groups excluding carboxylic acids is 1. The van der Waals surface area contributed by atoms with E-state index in [-0.39, 0.29) is 12.0 Å². The van der Waals surface area contributed by atoms with Crippen LogP contribution in [0, 0.1) is 20.8 Å². The van der Waals surface area contributed by atoms with Crippen molar-refractivity contribution in [3.63, 3.8) is 0 Å². The van der Waals surface area contributed by atoms with Gasteiger partial charge in [0.15, 0.2) is 5.13 Å². The molecule has 5 nitrogen and oxygen atoms in total. The average molecular weight is 439 g/mol. The molecule has 164 valence electrons. The molecule has 1 aromatic heterocycles. The summed E-state index contributed by atoms with van der Waals surface area (Å²) in [6.07, 6.45) is 2.45. The summed E-state index contributed by atoms with van der Waals surface area (Å²) < 4.78 is 12.5. The van der Waals surface area contributed by atoms with E-state index in [1.54, 1.807) is 0 Å². The number of aryl methyl sites for hydroxylation is 3. The van der Waals surface area contributed by atoms with E-state index in [0.717, 1.165) is 57.2 Å². The van der Waals surface area contributed by atoms with E-state index in [2.05, 4.69) is 32.9 Å². The molecule has 0 spiro atoms. The summed E-state index contributed by atoms with van der Waals surface area (Å²) in [5, 5.41) is 0.728. The van der Waals surface area contributed by atoms with Gasteiger partial charge in [0.1, 0.15) is 5.75 Å². The van der Waals surface area contributed by atoms with Gasteiger partial charge < -0.3 is 9.47 Å². The largest absolute Gasteiger partial charge is 0.494 e. The van der Waals surface area contributed by atoms with Crippen molar-refractivity contribution in [2.75, 3.05) is 24.7 Å². The topological polar surface area (TPSA) is 51.7 Å². The molecule has 2 heterocycles. The minimum Gasteiger partial charge on any atom is -0.494 e. The molecule has 6 heteroatoms. The van der Waals surface area contributed by atoms with E-state index in [9.17, 15) is 4.79 Å². The lowest BCUT2D eigenvalue weighted by Gasteiger charge is -2.24. The van der Waals surface area contributed by atoms with E-state index in [1.807, 2.05) is 30.0 Å². The monoisotopic (exact) mass is 438 g/mol. The summed E-state index contributed by atoms with van der Waals surface area (Å²) in [7, 11) is 0. The summed E-state index contributed by atoms with van der Waals surface area (Å²) in [6.45, 7) is 10.2. The Balaban J connectivity index is 1.65. The number of carbonyl (C=O) groups is 1. The molecule has 0 N–H and O–H groups in total. The molecule has 1 fully saturated rings. The minimum absolute atomic E-state index is 0.0645. The van der Waals surface area contributed by atoms with Crippen molar-refractivity contribution in [1.29, 1.82) is 0 Å². The number of benzene rings is 2. The number of amides is 1. The minimum atomic E-state index is 0.0645. The molecule has 0 radical (unpaired) electrons. The summed E-state index contributed by atoms with van der Waals surface area (Å²) in [4.78, 5) is 20.2. The summed E-state index contributed by atoms with van der Waals surface area (Å²) in [5.41, 5.74) is 5.53. The maximum absolute atomic E-state index is 13.5. The van der Waals surface area contributed by atoms with Crippen molar-refractivity contribution in [2.24, 2.45) is 0 Å². The first kappa shape index (κ1) is 21.8. The van der Waals surface area contributed by atoms with Crippen LogP contribution in [0.15, 0.2) is 30.3 Å². The van der Waals surface area contributed by atoms with Crippen molar-refractivity contribution < 1.29 is 14.3 Å². The molecule has 3 aromatic rings. The molecule has 0 aliphatic carbocycles. The standard InChI is InChI=1S/C25H30N2O3S/c1-5-29-19-8-9-22-23(13-19)31-25(26-22)27(15-20-7-6-10-30-20)24(28)14-21-17(3)11-16(2)12-18(21)4/h8-9,11-13,20H,5-7,10,14-15H2,1-4H3. The fourth-order valence-electron chi connectivity index (χ4n) is 4.28. The van der Waals surface area contributed by atoms with Gasteiger partial charge in [-0.05, 0) is 75.4 Å². The van der Waals surface area contributed by atoms with Gasteiger partial charge in [-0.15, -0.1) is 0 Å². The molecule has 4 rings (SSSR count). The number of ether oxygens (including phenoxy) is 2. The van der Waals surface area contributed by atoms with Crippen LogP contribution in [0.5, 0.6) is 5.75 Å². The van der Waals surface area contributed by atoms with Crippen LogP contribution in [-0.2, 0) is 16.0 Å². The molecular weight excluding hydrogens is 408 g/mol. The Kier molecular flexibility index (Phi) is 6.58. The zero-order valence-electron chi connectivity index (χ0n) is 18.7. The highest BCUT2D eigenvalue weighted by molar-refractivity contribution is 7.22. The molecule has 1 aliphatic heterocycles. The van der Waals surface area contributed by atoms with Crippen molar-refractivity contribution in [3.05, 3.63) is 52.6 Å². The molecule has 31 heavy (non-hydrogen) atoms. The third-order valence-corrected chi connectivity index (χ3v) is 6.81. The third-order valence-electron chi connectivity index (χ3n) is 5.77. The van der Waals surface area contributed by atoms with Gasteiger partial charge in [-0.3, -0.25) is 9.69 Å². The zero-order chi connectivity index (χ0) is 22.0. The van der Waals surface area contributed by atoms with Crippen LogP contribution in [-0.4, -0.2) is 36.8 Å². The predicted molar refractivity (Wildman–Crippen MR) is 126 cm³/mol. The molecule has 0 saturated carbocycles. The number of hydrogen-bond acceptors (Lipinski definition) is 5. The third kappa shape index (κ3) is 4.91. The van der Waals surface area contributed by atoms with E-state index in [4.69, 9.17) is 14.5 Å². The normalized spacial score (nSPS) is 16.1. The van der Waals surface area contributed by atoms with E-state index in [0.29, 0.717) is 19.6 Å². The van der Waals surface area contributed by atoms with Gasteiger partial charge in [-0.1, -0.05) is 29.0 Å². The Labute approximate surface area is 188 Å². The lowest BCUT2D eigenvalue weighted by Crippen LogP contribution is -2.38. The van der Waals surface area contributed by atoms with Gasteiger partial charge in [0.2, 0.25) is 5.91 Å². The average Bonchev–Trinajstić information content (AvgIpc) is 3.38. The lowest BCUT2D eigenvalue weighted by molar-refractivity contribution is -0.118. The smallest absolute Gasteiger partial charge is 0.233 e. The van der Waals surface area contributed by atoms with Crippen LogP contribution in [0.1, 0.15) is 42.0 Å². The van der Waals surface area contributed by atoms with Gasteiger partial charge in [-0.25, -0.2) is 4.98 Å². The number of nitrogens with zero attached hydrogens (tertiary/aromatic N) is 2. The lowest BCUT2D eigenvalue weighted by atomic mass is 9.97. The number of aromatic nitrogens is 1. The predicted octanol–water partition coefficient (Wildman–Crippen LogP) is 5.37. The van der Waals surface area contributed by atoms with Gasteiger partial charge in [0.05, 0.1) is 35.9 Å². The molecule has 1 amide bonds. The van der Waals surface area contributed by atoms with Crippen LogP contribution in [0.2, 0.25) is 0 Å². The van der Waals surface area contributed by atoms with Gasteiger partial charge in [0.25, 0.3) is 0 Å². The van der Waals surface area contributed by atoms with Crippen LogP contribution in [0.3, 0.4) is 0 Å². The number of thiazole rings is 1. The van der Waals surface area contributed by atoms with Crippen LogP contribution in [0.4, 0.5) is 5.13 Å². The first-order chi connectivity index (χ1) is 14.9. The Bertz CT molecular complexity index is 1060. The first-order valence-corrected chi connectivity index (χ1v) is 11.8. The Morgan fingerprint density at radius 3 is 2.68 bits per heavy atom. The summed E-state index contributed by atoms with van der Waals surface area (Å²) >= 11 is 1.54. The number of fused-ring (bicyclic) bond motifs is 1. The Hall–Kier alpha value is -2.44. The quantitative estimate of drug-likeness (QED) is 0.497. The Morgan fingerprint density at radius 1 is 1.23 bits per heavy atom. The number of rotatable bonds is 7. The van der Waals surface area contributed by atoms with Crippen LogP contribution in [0.25, 0.3) is 10.2 Å². The SMILES string of the molecule is CCOc1ccc2nc(N(CC3CCCO3)C(=O)Cc3c(C)cc(C)cc3C)sc2c1. The van der Waals surface area contributed by atoms with E-state index in [1.165, 1.54) is 16.9 Å². The first-order valence-electron chi connectivity index (χ1n) is 11.0. The molecule has 1 aliphatic rings. The molecular formula is C25H30N2O3S. The van der Waals surface area contributed by atoms with Gasteiger partial charge >= 0.3 is 0 Å². The Morgan fingerprint density at radius 2 is 2.00 bits per heavy atom. The van der Waals surface area contributed by atoms with Crippen molar-refractivity contribution in [2.45, 2.75) is 53.1 Å². The fraction of sp³-hybridized carbons (Fsp3) is 0.440. The van der Waals surface area contributed by atoms with Crippen molar-refractivity contribution >= 4 is 32.6 Å². The molecule has 1 unspecified atom stereocenters. The highest BCUT2D eigenvalue weighted by atomic mass is 32.1. The summed E-state index contributed by atoms with van der Waals surface area (Å²) in [6, 6.07) is 10.2. The maximum Gasteiger partial charge on any atom is 0.233 e. The van der Waals surface area contributed by atoms with Gasteiger partial charge in [0, 0.05) is 6.61 Å². The molecule has 1 saturated heterocycles. The van der Waals surface area contributed by atoms with E-state index >= 15 is 0 Å². The van der Waals surface area contributed by atoms with Crippen molar-refractivity contribution in [1.82, 2.24) is 4.98 Å². The molecule has 1 atom stereocenters. The zero-order valence-corrected chi connectivity index (χ0v) is 19.6.